The largest absolute Gasteiger partial charge is 0.493 e. The van der Waals surface area contributed by atoms with E-state index in [1.165, 1.54) is 0 Å². The van der Waals surface area contributed by atoms with Crippen LogP contribution in [0.15, 0.2) is 6.20 Å². The number of methoxy groups -OCH3 is 1. The van der Waals surface area contributed by atoms with Crippen LogP contribution < -0.4 is 10.1 Å². The maximum atomic E-state index is 5.58. The van der Waals surface area contributed by atoms with Gasteiger partial charge < -0.3 is 15.0 Å². The second-order valence-electron chi connectivity index (χ2n) is 6.06. The summed E-state index contributed by atoms with van der Waals surface area (Å²) >= 11 is 0. The lowest BCUT2D eigenvalue weighted by Gasteiger charge is -2.45. The number of aromatic nitrogens is 2. The van der Waals surface area contributed by atoms with Crippen molar-refractivity contribution < 1.29 is 4.74 Å². The van der Waals surface area contributed by atoms with E-state index in [-0.39, 0.29) is 11.6 Å². The van der Waals surface area contributed by atoms with Crippen LogP contribution in [0.5, 0.6) is 5.75 Å². The van der Waals surface area contributed by atoms with E-state index < -0.39 is 0 Å². The summed E-state index contributed by atoms with van der Waals surface area (Å²) < 4.78 is 7.65. The van der Waals surface area contributed by atoms with Crippen LogP contribution in [-0.2, 0) is 0 Å². The molecule has 0 aliphatic heterocycles. The molecule has 1 aromatic heterocycles. The Labute approximate surface area is 129 Å². The van der Waals surface area contributed by atoms with E-state index in [0.29, 0.717) is 6.04 Å². The van der Waals surface area contributed by atoms with Gasteiger partial charge in [-0.2, -0.15) is 5.10 Å². The smallest absolute Gasteiger partial charge is 0.161 e. The van der Waals surface area contributed by atoms with E-state index in [9.17, 15) is 0 Å². The van der Waals surface area contributed by atoms with E-state index >= 15 is 0 Å². The van der Waals surface area contributed by atoms with Gasteiger partial charge in [0.2, 0.25) is 0 Å². The standard InChI is InChI=1S/C16H32N4O/c1-9-16(10-2,19(6)7)15(17-5)14-13(21-8)11-18-20(14)12(3)4/h11-12,15,17H,9-10H2,1-8H3. The Morgan fingerprint density at radius 2 is 1.90 bits per heavy atom. The maximum Gasteiger partial charge on any atom is 0.161 e. The van der Waals surface area contributed by atoms with Crippen molar-refractivity contribution in [2.24, 2.45) is 0 Å². The highest BCUT2D eigenvalue weighted by molar-refractivity contribution is 5.31. The third-order valence-corrected chi connectivity index (χ3v) is 4.72. The highest BCUT2D eigenvalue weighted by Gasteiger charge is 2.41. The fourth-order valence-electron chi connectivity index (χ4n) is 3.41. The number of ether oxygens (including phenoxy) is 1. The van der Waals surface area contributed by atoms with Gasteiger partial charge in [0.15, 0.2) is 5.75 Å². The highest BCUT2D eigenvalue weighted by Crippen LogP contribution is 2.40. The number of nitrogens with zero attached hydrogens (tertiary/aromatic N) is 3. The van der Waals surface area contributed by atoms with Crippen molar-refractivity contribution in [1.82, 2.24) is 20.0 Å². The van der Waals surface area contributed by atoms with E-state index in [1.54, 1.807) is 7.11 Å². The number of hydrogen-bond acceptors (Lipinski definition) is 4. The Morgan fingerprint density at radius 1 is 1.33 bits per heavy atom. The van der Waals surface area contributed by atoms with Gasteiger partial charge in [0, 0.05) is 11.6 Å². The minimum Gasteiger partial charge on any atom is -0.493 e. The first kappa shape index (κ1) is 18.0. The summed E-state index contributed by atoms with van der Waals surface area (Å²) in [6.07, 6.45) is 3.92. The van der Waals surface area contributed by atoms with Crippen LogP contribution in [0.1, 0.15) is 58.3 Å². The molecule has 5 heteroatoms. The quantitative estimate of drug-likeness (QED) is 0.801. The third kappa shape index (κ3) is 3.09. The molecule has 0 bridgehead atoms. The van der Waals surface area contributed by atoms with Crippen LogP contribution >= 0.6 is 0 Å². The summed E-state index contributed by atoms with van der Waals surface area (Å²) in [6, 6.07) is 0.454. The summed E-state index contributed by atoms with van der Waals surface area (Å²) in [5.41, 5.74) is 1.15. The molecule has 0 aromatic carbocycles. The minimum absolute atomic E-state index is 0.0225. The Kier molecular flexibility index (Phi) is 6.23. The van der Waals surface area contributed by atoms with E-state index in [2.05, 4.69) is 61.8 Å². The fourth-order valence-corrected chi connectivity index (χ4v) is 3.41. The van der Waals surface area contributed by atoms with Crippen LogP contribution in [0, 0.1) is 0 Å². The molecular weight excluding hydrogens is 264 g/mol. The van der Waals surface area contributed by atoms with Crippen molar-refractivity contribution in [2.75, 3.05) is 28.3 Å². The predicted molar refractivity (Wildman–Crippen MR) is 88.0 cm³/mol. The Morgan fingerprint density at radius 3 is 2.24 bits per heavy atom. The number of rotatable bonds is 8. The van der Waals surface area contributed by atoms with Crippen molar-refractivity contribution >= 4 is 0 Å². The fraction of sp³-hybridized carbons (Fsp3) is 0.812. The summed E-state index contributed by atoms with van der Waals surface area (Å²) in [7, 11) is 8.04. The van der Waals surface area contributed by atoms with Gasteiger partial charge in [-0.15, -0.1) is 0 Å². The normalized spacial score (nSPS) is 14.0. The Bertz CT molecular complexity index is 435. The zero-order valence-corrected chi connectivity index (χ0v) is 14.9. The predicted octanol–water partition coefficient (Wildman–Crippen LogP) is 2.85. The molecule has 1 heterocycles. The molecule has 1 N–H and O–H groups in total. The van der Waals surface area contributed by atoms with Crippen LogP contribution in [-0.4, -0.2) is 48.5 Å². The first-order valence-electron chi connectivity index (χ1n) is 7.85. The number of likely N-dealkylation sites (N-methyl/N-ethyl adjacent to an activating group) is 2. The van der Waals surface area contributed by atoms with Crippen molar-refractivity contribution in [3.8, 4) is 5.75 Å². The van der Waals surface area contributed by atoms with Gasteiger partial charge in [-0.3, -0.25) is 4.68 Å². The summed E-state index contributed by atoms with van der Waals surface area (Å²) in [4.78, 5) is 2.32. The monoisotopic (exact) mass is 296 g/mol. The topological polar surface area (TPSA) is 42.3 Å². The number of nitrogens with one attached hydrogen (secondary N) is 1. The molecule has 0 radical (unpaired) electrons. The van der Waals surface area contributed by atoms with Gasteiger partial charge in [0.05, 0.1) is 25.0 Å². The maximum absolute atomic E-state index is 5.58. The second kappa shape index (κ2) is 7.27. The lowest BCUT2D eigenvalue weighted by atomic mass is 9.81. The molecule has 1 unspecified atom stereocenters. The highest BCUT2D eigenvalue weighted by atomic mass is 16.5. The van der Waals surface area contributed by atoms with Crippen LogP contribution in [0.25, 0.3) is 0 Å². The Hall–Kier alpha value is -1.07. The zero-order valence-electron chi connectivity index (χ0n) is 14.9. The van der Waals surface area contributed by atoms with Crippen molar-refractivity contribution in [3.05, 3.63) is 11.9 Å². The average Bonchev–Trinajstić information content (AvgIpc) is 2.87. The van der Waals surface area contributed by atoms with Gasteiger partial charge in [-0.25, -0.2) is 0 Å². The molecule has 1 rings (SSSR count). The first-order chi connectivity index (χ1) is 9.89. The summed E-state index contributed by atoms with van der Waals surface area (Å²) in [6.45, 7) is 8.79. The first-order valence-corrected chi connectivity index (χ1v) is 7.85. The average molecular weight is 296 g/mol. The molecule has 0 aliphatic carbocycles. The van der Waals surface area contributed by atoms with E-state index in [1.807, 2.05) is 13.2 Å². The van der Waals surface area contributed by atoms with E-state index in [0.717, 1.165) is 24.3 Å². The van der Waals surface area contributed by atoms with Gasteiger partial charge in [0.25, 0.3) is 0 Å². The van der Waals surface area contributed by atoms with Gasteiger partial charge >= 0.3 is 0 Å². The van der Waals surface area contributed by atoms with Crippen molar-refractivity contribution in [1.29, 1.82) is 0 Å². The number of hydrogen-bond donors (Lipinski definition) is 1. The molecule has 5 nitrogen and oxygen atoms in total. The summed E-state index contributed by atoms with van der Waals surface area (Å²) in [5, 5.41) is 8.05. The van der Waals surface area contributed by atoms with Gasteiger partial charge in [0.1, 0.15) is 0 Å². The Balaban J connectivity index is 3.48. The molecule has 1 atom stereocenters. The second-order valence-corrected chi connectivity index (χ2v) is 6.06. The minimum atomic E-state index is 0.0225. The molecule has 1 aromatic rings. The molecule has 0 fully saturated rings. The molecule has 0 spiro atoms. The van der Waals surface area contributed by atoms with Gasteiger partial charge in [-0.05, 0) is 47.8 Å². The lowest BCUT2D eigenvalue weighted by Crippen LogP contribution is -2.53. The van der Waals surface area contributed by atoms with Crippen LogP contribution in [0.3, 0.4) is 0 Å². The van der Waals surface area contributed by atoms with Crippen molar-refractivity contribution in [2.45, 2.75) is 58.2 Å². The third-order valence-electron chi connectivity index (χ3n) is 4.72. The molecule has 0 saturated heterocycles. The molecule has 21 heavy (non-hydrogen) atoms. The molecular formula is C16H32N4O. The molecule has 0 amide bonds. The summed E-state index contributed by atoms with van der Waals surface area (Å²) in [5.74, 6) is 0.858. The zero-order chi connectivity index (χ0) is 16.2. The van der Waals surface area contributed by atoms with Gasteiger partial charge in [-0.1, -0.05) is 13.8 Å². The lowest BCUT2D eigenvalue weighted by molar-refractivity contribution is 0.0857. The molecule has 0 saturated carbocycles. The van der Waals surface area contributed by atoms with E-state index in [4.69, 9.17) is 4.74 Å². The van der Waals surface area contributed by atoms with Crippen molar-refractivity contribution in [3.63, 3.8) is 0 Å². The van der Waals surface area contributed by atoms with Crippen LogP contribution in [0.4, 0.5) is 0 Å². The SMILES string of the molecule is CCC(CC)(C(NC)c1c(OC)cnn1C(C)C)N(C)C. The molecule has 0 aliphatic rings. The molecule has 122 valence electrons. The van der Waals surface area contributed by atoms with Crippen LogP contribution in [0.2, 0.25) is 0 Å².